The summed E-state index contributed by atoms with van der Waals surface area (Å²) in [7, 11) is 0.932. The summed E-state index contributed by atoms with van der Waals surface area (Å²) in [4.78, 5) is 17.3. The highest BCUT2D eigenvalue weighted by Gasteiger charge is 2.47. The Morgan fingerprint density at radius 1 is 1.05 bits per heavy atom. The molecule has 5 heteroatoms. The minimum absolute atomic E-state index is 0.162. The molecule has 0 spiro atoms. The molecule has 0 saturated carbocycles. The van der Waals surface area contributed by atoms with Crippen molar-refractivity contribution in [2.75, 3.05) is 14.2 Å². The molecule has 2 atom stereocenters. The zero-order valence-corrected chi connectivity index (χ0v) is 16.6. The molecule has 0 rings (SSSR count). The summed E-state index contributed by atoms with van der Waals surface area (Å²) in [6.07, 6.45) is 5.17. The van der Waals surface area contributed by atoms with E-state index in [0.717, 1.165) is 0 Å². The molecular formula is C17H33NO3Si. The van der Waals surface area contributed by atoms with Crippen molar-refractivity contribution < 1.29 is 14.1 Å². The number of carbonyl (C=O) groups excluding carboxylic acids is 1. The van der Waals surface area contributed by atoms with Crippen LogP contribution >= 0.6 is 0 Å². The predicted octanol–water partition coefficient (Wildman–Crippen LogP) is 3.84. The van der Waals surface area contributed by atoms with E-state index in [1.54, 1.807) is 7.05 Å². The number of rotatable bonds is 8. The Kier molecular flexibility index (Phi) is 8.38. The molecule has 0 aromatic heterocycles. The summed E-state index contributed by atoms with van der Waals surface area (Å²) in [5.74, 6) is 2.10. The molecule has 0 fully saturated rings. The molecule has 1 amide bonds. The van der Waals surface area contributed by atoms with Gasteiger partial charge in [0.15, 0.2) is 0 Å². The predicted molar refractivity (Wildman–Crippen MR) is 93.7 cm³/mol. The first-order valence-corrected chi connectivity index (χ1v) is 10.2. The zero-order valence-electron chi connectivity index (χ0n) is 15.6. The minimum Gasteiger partial charge on any atom is -0.402 e. The van der Waals surface area contributed by atoms with Crippen molar-refractivity contribution in [1.29, 1.82) is 0 Å². The van der Waals surface area contributed by atoms with Gasteiger partial charge in [-0.05, 0) is 16.6 Å². The molecule has 128 valence electrons. The van der Waals surface area contributed by atoms with Gasteiger partial charge in [0, 0.05) is 7.05 Å². The van der Waals surface area contributed by atoms with E-state index in [9.17, 15) is 4.79 Å². The highest BCUT2D eigenvalue weighted by Crippen LogP contribution is 2.43. The maximum absolute atomic E-state index is 12.3. The Morgan fingerprint density at radius 3 is 1.73 bits per heavy atom. The van der Waals surface area contributed by atoms with Crippen LogP contribution in [0.15, 0.2) is 0 Å². The second-order valence-corrected chi connectivity index (χ2v) is 12.2. The molecular weight excluding hydrogens is 294 g/mol. The molecule has 0 bridgehead atoms. The van der Waals surface area contributed by atoms with Crippen LogP contribution in [-0.2, 0) is 14.1 Å². The molecule has 0 heterocycles. The van der Waals surface area contributed by atoms with E-state index in [2.05, 4.69) is 47.5 Å². The Balaban J connectivity index is 5.50. The van der Waals surface area contributed by atoms with Gasteiger partial charge in [-0.2, -0.15) is 0 Å². The van der Waals surface area contributed by atoms with Gasteiger partial charge >= 0.3 is 0 Å². The van der Waals surface area contributed by atoms with E-state index in [1.807, 2.05) is 6.92 Å². The normalized spacial score (nSPS) is 15.0. The Hall–Kier alpha value is -0.833. The average molecular weight is 328 g/mol. The van der Waals surface area contributed by atoms with Gasteiger partial charge in [0.1, 0.15) is 6.10 Å². The summed E-state index contributed by atoms with van der Waals surface area (Å²) in [5.41, 5.74) is 1.27. The number of hydrogen-bond acceptors (Lipinski definition) is 3. The van der Waals surface area contributed by atoms with Gasteiger partial charge < -0.3 is 4.43 Å². The van der Waals surface area contributed by atoms with Gasteiger partial charge in [0.05, 0.1) is 13.0 Å². The molecule has 0 aliphatic carbocycles. The van der Waals surface area contributed by atoms with Crippen molar-refractivity contribution in [2.24, 2.45) is 5.92 Å². The van der Waals surface area contributed by atoms with Gasteiger partial charge in [-0.1, -0.05) is 54.4 Å². The van der Waals surface area contributed by atoms with Crippen LogP contribution in [0.3, 0.4) is 0 Å². The molecule has 4 nitrogen and oxygen atoms in total. The summed E-state index contributed by atoms with van der Waals surface area (Å²) < 4.78 is 6.55. The van der Waals surface area contributed by atoms with Crippen LogP contribution in [0.4, 0.5) is 0 Å². The summed E-state index contributed by atoms with van der Waals surface area (Å²) in [6.45, 7) is 15.0. The van der Waals surface area contributed by atoms with E-state index >= 15 is 0 Å². The van der Waals surface area contributed by atoms with E-state index in [4.69, 9.17) is 15.7 Å². The van der Waals surface area contributed by atoms with Gasteiger partial charge in [0.2, 0.25) is 8.32 Å². The zero-order chi connectivity index (χ0) is 17.7. The number of hydroxylamine groups is 2. The molecule has 0 saturated heterocycles. The Bertz CT molecular complexity index is 379. The lowest BCUT2D eigenvalue weighted by molar-refractivity contribution is -0.174. The molecule has 0 aromatic rings. The van der Waals surface area contributed by atoms with Gasteiger partial charge in [-0.15, -0.1) is 6.42 Å². The Morgan fingerprint density at radius 2 is 1.45 bits per heavy atom. The van der Waals surface area contributed by atoms with E-state index in [0.29, 0.717) is 16.6 Å². The maximum Gasteiger partial charge on any atom is 0.252 e. The molecule has 0 aromatic carbocycles. The van der Waals surface area contributed by atoms with Crippen LogP contribution in [0.25, 0.3) is 0 Å². The SMILES string of the molecule is C#C[C@H](O[Si](C(C)C)(C(C)C)C(C)C)[C@@H](C)C(=O)N(C)OC. The van der Waals surface area contributed by atoms with Gasteiger partial charge in [0.25, 0.3) is 5.91 Å². The van der Waals surface area contributed by atoms with Crippen molar-refractivity contribution in [3.05, 3.63) is 0 Å². The first-order valence-electron chi connectivity index (χ1n) is 8.01. The molecule has 0 aliphatic heterocycles. The lowest BCUT2D eigenvalue weighted by Gasteiger charge is -2.44. The topological polar surface area (TPSA) is 38.8 Å². The summed E-state index contributed by atoms with van der Waals surface area (Å²) in [6, 6.07) is 0. The van der Waals surface area contributed by atoms with Crippen LogP contribution in [0.1, 0.15) is 48.5 Å². The van der Waals surface area contributed by atoms with Crippen LogP contribution in [0.2, 0.25) is 16.6 Å². The smallest absolute Gasteiger partial charge is 0.252 e. The second kappa shape index (κ2) is 8.71. The van der Waals surface area contributed by atoms with Crippen molar-refractivity contribution >= 4 is 14.2 Å². The van der Waals surface area contributed by atoms with Crippen LogP contribution in [-0.4, -0.2) is 39.5 Å². The Labute approximate surface area is 137 Å². The molecule has 0 unspecified atom stereocenters. The number of carbonyl (C=O) groups is 1. The molecule has 22 heavy (non-hydrogen) atoms. The number of terminal acetylenes is 1. The first-order chi connectivity index (χ1) is 10.1. The lowest BCUT2D eigenvalue weighted by atomic mass is 10.1. The number of nitrogens with zero attached hydrogens (tertiary/aromatic N) is 1. The third-order valence-corrected chi connectivity index (χ3v) is 10.7. The van der Waals surface area contributed by atoms with Crippen LogP contribution in [0, 0.1) is 18.3 Å². The van der Waals surface area contributed by atoms with E-state index in [-0.39, 0.29) is 5.91 Å². The fraction of sp³-hybridized carbons (Fsp3) is 0.824. The highest BCUT2D eigenvalue weighted by molar-refractivity contribution is 6.77. The fourth-order valence-corrected chi connectivity index (χ4v) is 8.94. The van der Waals surface area contributed by atoms with Crippen molar-refractivity contribution in [2.45, 2.75) is 71.2 Å². The van der Waals surface area contributed by atoms with Gasteiger partial charge in [-0.3, -0.25) is 9.63 Å². The standard InChI is InChI=1S/C17H33NO3Si/c1-11-16(15(8)17(19)18(9)20-10)21-22(12(2)3,13(4)5)14(6)7/h1,12-16H,2-10H3/t15-,16+/m1/s1. The lowest BCUT2D eigenvalue weighted by Crippen LogP contribution is -2.52. The highest BCUT2D eigenvalue weighted by atomic mass is 28.4. The second-order valence-electron chi connectivity index (χ2n) is 6.83. The molecule has 0 radical (unpaired) electrons. The monoisotopic (exact) mass is 327 g/mol. The average Bonchev–Trinajstić information content (AvgIpc) is 2.44. The van der Waals surface area contributed by atoms with Gasteiger partial charge in [-0.25, -0.2) is 5.06 Å². The fourth-order valence-electron chi connectivity index (χ4n) is 3.41. The summed E-state index contributed by atoms with van der Waals surface area (Å²) in [5, 5.41) is 1.21. The quantitative estimate of drug-likeness (QED) is 0.386. The third kappa shape index (κ3) is 4.34. The number of amides is 1. The minimum atomic E-state index is -2.12. The number of hydrogen-bond donors (Lipinski definition) is 0. The summed E-state index contributed by atoms with van der Waals surface area (Å²) >= 11 is 0. The van der Waals surface area contributed by atoms with Crippen molar-refractivity contribution in [3.8, 4) is 12.3 Å². The first kappa shape index (κ1) is 21.2. The van der Waals surface area contributed by atoms with Crippen molar-refractivity contribution in [3.63, 3.8) is 0 Å². The van der Waals surface area contributed by atoms with E-state index < -0.39 is 20.3 Å². The third-order valence-electron chi connectivity index (χ3n) is 4.63. The molecule has 0 aliphatic rings. The van der Waals surface area contributed by atoms with Crippen molar-refractivity contribution in [1.82, 2.24) is 5.06 Å². The van der Waals surface area contributed by atoms with Crippen LogP contribution in [0.5, 0.6) is 0 Å². The maximum atomic E-state index is 12.3. The largest absolute Gasteiger partial charge is 0.402 e. The van der Waals surface area contributed by atoms with E-state index in [1.165, 1.54) is 12.2 Å². The van der Waals surface area contributed by atoms with Crippen LogP contribution < -0.4 is 0 Å². The molecule has 0 N–H and O–H groups in total.